The van der Waals surface area contributed by atoms with Gasteiger partial charge in [-0.3, -0.25) is 4.79 Å². The molecule has 0 saturated heterocycles. The zero-order chi connectivity index (χ0) is 15.5. The molecule has 112 valence electrons. The molecule has 0 unspecified atom stereocenters. The zero-order valence-electron chi connectivity index (χ0n) is 10.7. The van der Waals surface area contributed by atoms with Crippen molar-refractivity contribution in [3.8, 4) is 0 Å². The van der Waals surface area contributed by atoms with Crippen LogP contribution in [0.25, 0.3) is 0 Å². The Balaban J connectivity index is 3.05. The third-order valence-electron chi connectivity index (χ3n) is 2.55. The summed E-state index contributed by atoms with van der Waals surface area (Å²) in [5.74, 6) is -1.56. The van der Waals surface area contributed by atoms with Crippen LogP contribution in [0.4, 0.5) is 4.39 Å². The molecule has 0 fully saturated rings. The number of carbonyl (C=O) groups excluding carboxylic acids is 1. The summed E-state index contributed by atoms with van der Waals surface area (Å²) in [4.78, 5) is 10.6. The summed E-state index contributed by atoms with van der Waals surface area (Å²) >= 11 is 11.2. The summed E-state index contributed by atoms with van der Waals surface area (Å²) in [6.45, 7) is -0.115. The Morgan fingerprint density at radius 3 is 2.55 bits per heavy atom. The van der Waals surface area contributed by atoms with E-state index < -0.39 is 31.7 Å². The molecule has 1 rings (SSSR count). The number of rotatable bonds is 5. The Morgan fingerprint density at radius 2 is 2.00 bits per heavy atom. The largest absolute Gasteiger partial charge is 0.469 e. The van der Waals surface area contributed by atoms with Crippen molar-refractivity contribution in [2.45, 2.75) is 11.3 Å². The first-order chi connectivity index (χ1) is 9.21. The maximum Gasteiger partial charge on any atom is 0.306 e. The Morgan fingerprint density at radius 1 is 1.40 bits per heavy atom. The molecule has 0 aliphatic carbocycles. The smallest absolute Gasteiger partial charge is 0.306 e. The zero-order valence-corrected chi connectivity index (χ0v) is 13.0. The van der Waals surface area contributed by atoms with Gasteiger partial charge < -0.3 is 4.74 Å². The third kappa shape index (κ3) is 3.60. The van der Waals surface area contributed by atoms with E-state index in [1.165, 1.54) is 14.2 Å². The average molecular weight is 344 g/mol. The van der Waals surface area contributed by atoms with Crippen molar-refractivity contribution in [1.29, 1.82) is 0 Å². The number of esters is 1. The number of ether oxygens (including phenoxy) is 1. The van der Waals surface area contributed by atoms with E-state index in [2.05, 4.69) is 4.74 Å². The van der Waals surface area contributed by atoms with Gasteiger partial charge in [-0.2, -0.15) is 0 Å². The molecule has 0 amide bonds. The topological polar surface area (TPSA) is 63.7 Å². The predicted octanol–water partition coefficient (Wildman–Crippen LogP) is 2.32. The lowest BCUT2D eigenvalue weighted by Crippen LogP contribution is -2.29. The van der Waals surface area contributed by atoms with E-state index >= 15 is 0 Å². The van der Waals surface area contributed by atoms with E-state index in [0.29, 0.717) is 0 Å². The van der Waals surface area contributed by atoms with Gasteiger partial charge in [0, 0.05) is 13.6 Å². The highest BCUT2D eigenvalue weighted by Gasteiger charge is 2.26. The molecule has 0 saturated carbocycles. The van der Waals surface area contributed by atoms with Crippen LogP contribution < -0.4 is 0 Å². The number of benzene rings is 1. The number of sulfonamides is 1. The summed E-state index contributed by atoms with van der Waals surface area (Å²) in [7, 11) is -1.57. The average Bonchev–Trinajstić information content (AvgIpc) is 2.41. The van der Waals surface area contributed by atoms with E-state index in [1.54, 1.807) is 0 Å². The number of hydrogen-bond donors (Lipinski definition) is 0. The molecule has 0 atom stereocenters. The van der Waals surface area contributed by atoms with Crippen molar-refractivity contribution in [2.24, 2.45) is 0 Å². The Hall–Kier alpha value is -0.890. The van der Waals surface area contributed by atoms with Gasteiger partial charge in [-0.15, -0.1) is 0 Å². The molecule has 0 aliphatic heterocycles. The number of nitrogens with zero attached hydrogens (tertiary/aromatic N) is 1. The van der Waals surface area contributed by atoms with Crippen LogP contribution in [0.1, 0.15) is 6.42 Å². The lowest BCUT2D eigenvalue weighted by molar-refractivity contribution is -0.140. The fourth-order valence-electron chi connectivity index (χ4n) is 1.35. The molecule has 5 nitrogen and oxygen atoms in total. The Kier molecular flexibility index (Phi) is 5.76. The van der Waals surface area contributed by atoms with Gasteiger partial charge in [0.25, 0.3) is 0 Å². The fraction of sp³-hybridized carbons (Fsp3) is 0.364. The minimum absolute atomic E-state index is 0.115. The molecule has 0 aliphatic rings. The van der Waals surface area contributed by atoms with E-state index in [-0.39, 0.29) is 18.0 Å². The van der Waals surface area contributed by atoms with Crippen molar-refractivity contribution >= 4 is 39.2 Å². The van der Waals surface area contributed by atoms with Crippen LogP contribution in [0.2, 0.25) is 10.0 Å². The second-order valence-electron chi connectivity index (χ2n) is 3.83. The first-order valence-electron chi connectivity index (χ1n) is 5.38. The first kappa shape index (κ1) is 17.2. The minimum atomic E-state index is -4.02. The van der Waals surface area contributed by atoms with Gasteiger partial charge in [0.2, 0.25) is 10.0 Å². The van der Waals surface area contributed by atoms with Gasteiger partial charge in [-0.25, -0.2) is 17.1 Å². The van der Waals surface area contributed by atoms with Crippen LogP contribution in [0.15, 0.2) is 17.0 Å². The second-order valence-corrected chi connectivity index (χ2v) is 6.62. The number of halogens is 3. The number of hydrogen-bond acceptors (Lipinski definition) is 4. The molecule has 1 aromatic rings. The van der Waals surface area contributed by atoms with Crippen LogP contribution >= 0.6 is 23.2 Å². The van der Waals surface area contributed by atoms with Crippen molar-refractivity contribution in [1.82, 2.24) is 4.31 Å². The summed E-state index contributed by atoms with van der Waals surface area (Å²) in [6.07, 6.45) is -0.125. The van der Waals surface area contributed by atoms with Crippen LogP contribution in [-0.4, -0.2) is 39.4 Å². The number of methoxy groups -OCH3 is 1. The predicted molar refractivity (Wildman–Crippen MR) is 72.9 cm³/mol. The molecule has 0 bridgehead atoms. The molecule has 9 heteroatoms. The van der Waals surface area contributed by atoms with E-state index in [1.807, 2.05) is 0 Å². The molecule has 0 aromatic heterocycles. The molecular weight excluding hydrogens is 332 g/mol. The molecule has 20 heavy (non-hydrogen) atoms. The van der Waals surface area contributed by atoms with Crippen molar-refractivity contribution in [3.05, 3.63) is 28.0 Å². The van der Waals surface area contributed by atoms with E-state index in [4.69, 9.17) is 23.2 Å². The SMILES string of the molecule is COC(=O)CCN(C)S(=O)(=O)c1ccc(Cl)c(F)c1Cl. The van der Waals surface area contributed by atoms with Crippen LogP contribution in [-0.2, 0) is 19.6 Å². The highest BCUT2D eigenvalue weighted by molar-refractivity contribution is 7.89. The Bertz CT molecular complexity index is 621. The lowest BCUT2D eigenvalue weighted by atomic mass is 10.3. The minimum Gasteiger partial charge on any atom is -0.469 e. The lowest BCUT2D eigenvalue weighted by Gasteiger charge is -2.17. The standard InChI is InChI=1S/C11H12Cl2FNO4S/c1-15(6-5-9(16)19-2)20(17,18)8-4-3-7(12)11(14)10(8)13/h3-4H,5-6H2,1-2H3. The van der Waals surface area contributed by atoms with Gasteiger partial charge in [0.05, 0.1) is 23.6 Å². The van der Waals surface area contributed by atoms with Crippen molar-refractivity contribution in [3.63, 3.8) is 0 Å². The summed E-state index contributed by atoms with van der Waals surface area (Å²) in [6, 6.07) is 2.21. The van der Waals surface area contributed by atoms with Gasteiger partial charge in [-0.1, -0.05) is 23.2 Å². The van der Waals surface area contributed by atoms with Gasteiger partial charge in [0.15, 0.2) is 5.82 Å². The van der Waals surface area contributed by atoms with Gasteiger partial charge in [-0.05, 0) is 12.1 Å². The first-order valence-corrected chi connectivity index (χ1v) is 7.58. The second kappa shape index (κ2) is 6.71. The summed E-state index contributed by atoms with van der Waals surface area (Å²) in [5, 5.41) is -0.853. The monoisotopic (exact) mass is 343 g/mol. The molecule has 0 radical (unpaired) electrons. The maximum absolute atomic E-state index is 13.5. The summed E-state index contributed by atoms with van der Waals surface area (Å²) < 4.78 is 43.2. The van der Waals surface area contributed by atoms with Crippen LogP contribution in [0.5, 0.6) is 0 Å². The van der Waals surface area contributed by atoms with Gasteiger partial charge in [0.1, 0.15) is 4.90 Å². The molecular formula is C11H12Cl2FNO4S. The highest BCUT2D eigenvalue weighted by atomic mass is 35.5. The van der Waals surface area contributed by atoms with Gasteiger partial charge >= 0.3 is 5.97 Å². The Labute approximate surface area is 126 Å². The molecule has 0 heterocycles. The quantitative estimate of drug-likeness (QED) is 0.607. The van der Waals surface area contributed by atoms with Crippen LogP contribution in [0.3, 0.4) is 0 Å². The molecule has 0 N–H and O–H groups in total. The van der Waals surface area contributed by atoms with Crippen molar-refractivity contribution < 1.29 is 22.3 Å². The fourth-order valence-corrected chi connectivity index (χ4v) is 3.23. The van der Waals surface area contributed by atoms with E-state index in [9.17, 15) is 17.6 Å². The third-order valence-corrected chi connectivity index (χ3v) is 5.22. The van der Waals surface area contributed by atoms with Crippen LogP contribution in [0, 0.1) is 5.82 Å². The highest BCUT2D eigenvalue weighted by Crippen LogP contribution is 2.30. The number of carbonyl (C=O) groups is 1. The molecule has 0 spiro atoms. The van der Waals surface area contributed by atoms with Crippen molar-refractivity contribution in [2.75, 3.05) is 20.7 Å². The van der Waals surface area contributed by atoms with E-state index in [0.717, 1.165) is 16.4 Å². The normalized spacial score (nSPS) is 11.7. The maximum atomic E-state index is 13.5. The summed E-state index contributed by atoms with van der Waals surface area (Å²) in [5.41, 5.74) is 0. The molecule has 1 aromatic carbocycles.